The molecule has 1 aliphatic heterocycles. The summed E-state index contributed by atoms with van der Waals surface area (Å²) in [7, 11) is 0. The first-order valence-electron chi connectivity index (χ1n) is 19.3. The molecule has 1 aliphatic rings. The number of rotatable bonds is 8. The van der Waals surface area contributed by atoms with Gasteiger partial charge in [0.05, 0.1) is 31.8 Å². The summed E-state index contributed by atoms with van der Waals surface area (Å²) in [5, 5.41) is 2.43. The van der Waals surface area contributed by atoms with E-state index in [0.29, 0.717) is 0 Å². The molecule has 1 atom stereocenters. The van der Waals surface area contributed by atoms with E-state index >= 15 is 0 Å². The van der Waals surface area contributed by atoms with E-state index in [0.717, 1.165) is 0 Å². The average Bonchev–Trinajstić information content (AvgIpc) is 2.98. The standard InChI is InChI=1S/C21H25ClN2O3/c22-19-8-6-18(7-9-19)21(17-4-2-1-3-5-17)24-12-10-23(11-13-24)14-15-27-16-20(25)26/h1-9,21H,10-16H2,(H,25,26)/t21-/m0/s1/i1D,2D,3D,4D,5D,6D,7D,8D,9D,10D2,11D2,12D2,13D2,14D2,15D2,16D2,21D/hD. The van der Waals surface area contributed by atoms with Gasteiger partial charge in [0.1, 0.15) is 6.56 Å². The quantitative estimate of drug-likeness (QED) is 0.720. The highest BCUT2D eigenvalue weighted by atomic mass is 35.5. The minimum Gasteiger partial charge on any atom is -0.480 e. The number of carboxylic acid groups (broad SMARTS) is 1. The van der Waals surface area contributed by atoms with E-state index < -0.39 is 138 Å². The molecule has 0 amide bonds. The molecule has 0 aromatic heterocycles. The van der Waals surface area contributed by atoms with Crippen LogP contribution in [0.5, 0.6) is 0 Å². The van der Waals surface area contributed by atoms with E-state index in [1.807, 2.05) is 0 Å². The number of ether oxygens (including phenoxy) is 1. The van der Waals surface area contributed by atoms with Gasteiger partial charge in [-0.05, 0) is 23.2 Å². The van der Waals surface area contributed by atoms with Crippen LogP contribution in [0.1, 0.15) is 50.0 Å². The van der Waals surface area contributed by atoms with Crippen LogP contribution in [0.3, 0.4) is 0 Å². The van der Waals surface area contributed by atoms with Crippen LogP contribution in [-0.2, 0) is 9.53 Å². The molecule has 0 unspecified atom stereocenters. The van der Waals surface area contributed by atoms with Gasteiger partial charge >= 0.3 is 5.97 Å². The number of carboxylic acids is 1. The highest BCUT2D eigenvalue weighted by Crippen LogP contribution is 2.30. The summed E-state index contributed by atoms with van der Waals surface area (Å²) in [5.41, 5.74) is -3.12. The molecule has 1 heterocycles. The van der Waals surface area contributed by atoms with E-state index in [4.69, 9.17) is 44.6 Å². The lowest BCUT2D eigenvalue weighted by molar-refractivity contribution is -0.142. The lowest BCUT2D eigenvalue weighted by Crippen LogP contribution is -2.48. The van der Waals surface area contributed by atoms with Crippen molar-refractivity contribution >= 4 is 17.6 Å². The zero-order valence-corrected chi connectivity index (χ0v) is 13.8. The van der Waals surface area contributed by atoms with Crippen molar-refractivity contribution in [2.45, 2.75) is 6.02 Å². The summed E-state index contributed by atoms with van der Waals surface area (Å²) in [6.07, 6.45) is 0. The topological polar surface area (TPSA) is 53.0 Å². The summed E-state index contributed by atoms with van der Waals surface area (Å²) in [5.74, 6) is -2.30. The lowest BCUT2D eigenvalue weighted by atomic mass is 9.96. The van der Waals surface area contributed by atoms with Crippen LogP contribution in [-0.4, -0.2) is 66.5 Å². The van der Waals surface area contributed by atoms with E-state index in [-0.39, 0.29) is 0 Å². The molecular weight excluding hydrogens is 364 g/mol. The van der Waals surface area contributed by atoms with E-state index in [9.17, 15) is 6.17 Å². The van der Waals surface area contributed by atoms with E-state index in [2.05, 4.69) is 9.85 Å². The molecular formula is C21H25ClN2O3. The van der Waals surface area contributed by atoms with Crippen LogP contribution in [0.15, 0.2) is 54.4 Å². The first kappa shape index (κ1) is 5.36. The predicted octanol–water partition coefficient (Wildman–Crippen LogP) is 3.15. The average molecular weight is 414 g/mol. The molecule has 0 saturated carbocycles. The van der Waals surface area contributed by atoms with Gasteiger partial charge in [-0.1, -0.05) is 53.9 Å². The second-order valence-electron chi connectivity index (χ2n) is 4.36. The molecule has 1 saturated heterocycles. The van der Waals surface area contributed by atoms with Crippen molar-refractivity contribution < 1.29 is 47.5 Å². The van der Waals surface area contributed by atoms with Crippen LogP contribution in [0.25, 0.3) is 1.43 Å². The van der Waals surface area contributed by atoms with Crippen molar-refractivity contribution in [1.82, 2.24) is 9.80 Å². The largest absolute Gasteiger partial charge is 0.480 e. The Morgan fingerprint density at radius 3 is 2.56 bits per heavy atom. The lowest BCUT2D eigenvalue weighted by Gasteiger charge is -2.39. The van der Waals surface area contributed by atoms with E-state index in [1.165, 1.54) is 0 Å². The minimum absolute atomic E-state index is 0.793. The summed E-state index contributed by atoms with van der Waals surface area (Å²) in [6, 6.07) is -16.2. The number of hydrogen-bond donors (Lipinski definition) is 1. The molecule has 2 aromatic rings. The number of nitrogens with zero attached hydrogens (tertiary/aromatic N) is 2. The molecule has 2 aromatic carbocycles. The fraction of sp³-hybridized carbons (Fsp3) is 0.381. The zero-order valence-electron chi connectivity index (χ0n) is 38.0. The molecule has 3 rings (SSSR count). The van der Waals surface area contributed by atoms with Crippen molar-refractivity contribution in [3.8, 4) is 0 Å². The Labute approximate surface area is 200 Å². The molecule has 6 heteroatoms. The molecule has 0 spiro atoms. The van der Waals surface area contributed by atoms with Gasteiger partial charge in [-0.15, -0.1) is 0 Å². The molecule has 0 aliphatic carbocycles. The maximum absolute atomic E-state index is 11.7. The molecule has 0 radical (unpaired) electrons. The Bertz CT molecular complexity index is 1660. The van der Waals surface area contributed by atoms with Crippen molar-refractivity contribution in [2.24, 2.45) is 0 Å². The number of piperazine rings is 1. The zero-order chi connectivity index (χ0) is 41.1. The van der Waals surface area contributed by atoms with Crippen LogP contribution >= 0.6 is 11.6 Å². The molecule has 5 nitrogen and oxygen atoms in total. The smallest absolute Gasteiger partial charge is 0.329 e. The SMILES string of the molecule is [2H]OC(=O)C([2H])([2H])OC([2H])([2H])C([2H])([2H])N1C([2H])([2H])C([2H])([2H])N([C@@]([2H])(c2c([2H])c([2H])c([2H])c([2H])c2[2H])c2c([2H])c([2H])c(Cl)c([2H])c2[2H])C([2H])([2H])C1([2H])[2H]. The third kappa shape index (κ3) is 5.78. The van der Waals surface area contributed by atoms with Gasteiger partial charge in [0, 0.05) is 51.2 Å². The molecule has 27 heavy (non-hydrogen) atoms. The Kier molecular flexibility index (Phi) is 1.96. The van der Waals surface area contributed by atoms with E-state index in [1.54, 1.807) is 0 Å². The first-order chi connectivity index (χ1) is 23.0. The molecule has 144 valence electrons. The molecule has 1 N–H and O–H groups in total. The van der Waals surface area contributed by atoms with Gasteiger partial charge < -0.3 is 9.85 Å². The van der Waals surface area contributed by atoms with Gasteiger partial charge in [-0.2, -0.15) is 0 Å². The van der Waals surface area contributed by atoms with Gasteiger partial charge in [0.15, 0.2) is 0 Å². The monoisotopic (exact) mass is 413 g/mol. The van der Waals surface area contributed by atoms with Crippen LogP contribution < -0.4 is 0 Å². The second kappa shape index (κ2) is 9.85. The summed E-state index contributed by atoms with van der Waals surface area (Å²) in [6.45, 7) is -31.5. The number of carbonyl (C=O) groups is 1. The number of benzene rings is 2. The Morgan fingerprint density at radius 1 is 1.22 bits per heavy atom. The summed E-state index contributed by atoms with van der Waals surface area (Å²) in [4.78, 5) is 9.83. The summed E-state index contributed by atoms with van der Waals surface area (Å²) < 4.78 is 214. The Morgan fingerprint density at radius 2 is 1.89 bits per heavy atom. The first-order valence-corrected chi connectivity index (χ1v) is 7.23. The third-order valence-electron chi connectivity index (χ3n) is 2.68. The van der Waals surface area contributed by atoms with Crippen LogP contribution in [0, 0.1) is 0 Å². The van der Waals surface area contributed by atoms with Crippen molar-refractivity contribution in [1.29, 1.82) is 1.43 Å². The van der Waals surface area contributed by atoms with Crippen molar-refractivity contribution in [3.63, 3.8) is 0 Å². The number of aliphatic carboxylic acids is 1. The Balaban J connectivity index is 2.64. The maximum atomic E-state index is 11.7. The maximum Gasteiger partial charge on any atom is 0.329 e. The van der Waals surface area contributed by atoms with Crippen molar-refractivity contribution in [2.75, 3.05) is 45.6 Å². The highest BCUT2D eigenvalue weighted by molar-refractivity contribution is 6.30. The third-order valence-corrected chi connectivity index (χ3v) is 2.87. The van der Waals surface area contributed by atoms with Gasteiger partial charge in [0.25, 0.3) is 1.43 Å². The fourth-order valence-electron chi connectivity index (χ4n) is 1.69. The highest BCUT2D eigenvalue weighted by Gasteiger charge is 2.26. The normalized spacial score (nSPS) is 40.4. The van der Waals surface area contributed by atoms with Crippen LogP contribution in [0.4, 0.5) is 0 Å². The van der Waals surface area contributed by atoms with Crippen LogP contribution in [0.2, 0.25) is 5.02 Å². The predicted molar refractivity (Wildman–Crippen MR) is 106 cm³/mol. The number of hydrogen-bond acceptors (Lipinski definition) is 5. The van der Waals surface area contributed by atoms with Gasteiger partial charge in [-0.3, -0.25) is 9.80 Å². The second-order valence-corrected chi connectivity index (χ2v) is 4.74. The fourth-order valence-corrected chi connectivity index (χ4v) is 1.79. The molecule has 1 fully saturated rings. The van der Waals surface area contributed by atoms with Crippen molar-refractivity contribution in [3.05, 3.63) is 70.5 Å². The van der Waals surface area contributed by atoms with Gasteiger partial charge in [0.2, 0.25) is 0 Å². The Hall–Kier alpha value is -1.92. The van der Waals surface area contributed by atoms with Gasteiger partial charge in [-0.25, -0.2) is 4.79 Å². The summed E-state index contributed by atoms with van der Waals surface area (Å²) >= 11 is 5.89. The molecule has 0 bridgehead atoms. The number of halogens is 1. The minimum atomic E-state index is -4.62.